The molecule has 2 aromatic carbocycles. The molecule has 2 amide bonds. The van der Waals surface area contributed by atoms with Crippen LogP contribution in [0.15, 0.2) is 53.4 Å². The molecule has 2 aromatic rings. The summed E-state index contributed by atoms with van der Waals surface area (Å²) in [5.74, 6) is 0.00259. The van der Waals surface area contributed by atoms with E-state index in [1.807, 2.05) is 30.5 Å². The predicted octanol–water partition coefficient (Wildman–Crippen LogP) is 2.62. The fourth-order valence-corrected chi connectivity index (χ4v) is 3.59. The smallest absolute Gasteiger partial charge is 0.227 e. The number of carbonyl (C=O) groups excluding carboxylic acids is 2. The lowest BCUT2D eigenvalue weighted by molar-refractivity contribution is -0.126. The first-order valence-corrected chi connectivity index (χ1v) is 10.3. The summed E-state index contributed by atoms with van der Waals surface area (Å²) in [6, 6.07) is 14.8. The fraction of sp³-hybridized carbons (Fsp3) is 0.333. The van der Waals surface area contributed by atoms with Crippen molar-refractivity contribution in [1.82, 2.24) is 5.32 Å². The maximum atomic E-state index is 12.5. The van der Waals surface area contributed by atoms with Gasteiger partial charge in [-0.1, -0.05) is 12.1 Å². The number of nitrogens with one attached hydrogen (secondary N) is 1. The van der Waals surface area contributed by atoms with Gasteiger partial charge in [0.05, 0.1) is 19.1 Å². The van der Waals surface area contributed by atoms with Crippen LogP contribution in [0, 0.1) is 5.92 Å². The third kappa shape index (κ3) is 4.66. The molecule has 148 valence electrons. The van der Waals surface area contributed by atoms with Gasteiger partial charge >= 0.3 is 0 Å². The van der Waals surface area contributed by atoms with Gasteiger partial charge in [0.2, 0.25) is 11.8 Å². The predicted molar refractivity (Wildman–Crippen MR) is 110 cm³/mol. The van der Waals surface area contributed by atoms with Crippen LogP contribution >= 0.6 is 11.8 Å². The Bertz CT molecular complexity index is 823. The van der Waals surface area contributed by atoms with Crippen LogP contribution in [-0.4, -0.2) is 43.4 Å². The van der Waals surface area contributed by atoms with Gasteiger partial charge in [0.15, 0.2) is 0 Å². The van der Waals surface area contributed by atoms with E-state index in [0.717, 1.165) is 10.6 Å². The van der Waals surface area contributed by atoms with Crippen LogP contribution in [-0.2, 0) is 9.59 Å². The number of hydrogen-bond acceptors (Lipinski definition) is 5. The second-order valence-corrected chi connectivity index (χ2v) is 7.52. The molecule has 2 atom stereocenters. The second-order valence-electron chi connectivity index (χ2n) is 6.64. The zero-order chi connectivity index (χ0) is 20.1. The van der Waals surface area contributed by atoms with Crippen molar-refractivity contribution in [3.05, 3.63) is 54.1 Å². The van der Waals surface area contributed by atoms with Gasteiger partial charge in [-0.3, -0.25) is 9.59 Å². The molecule has 0 aromatic heterocycles. The Labute approximate surface area is 168 Å². The average molecular weight is 401 g/mol. The van der Waals surface area contributed by atoms with Crippen LogP contribution in [0.5, 0.6) is 5.75 Å². The Morgan fingerprint density at radius 1 is 1.25 bits per heavy atom. The van der Waals surface area contributed by atoms with Gasteiger partial charge in [0.25, 0.3) is 0 Å². The summed E-state index contributed by atoms with van der Waals surface area (Å²) in [5.41, 5.74) is 1.50. The number of aliphatic hydroxyl groups excluding tert-OH is 1. The van der Waals surface area contributed by atoms with Crippen molar-refractivity contribution in [3.63, 3.8) is 0 Å². The Balaban J connectivity index is 1.55. The molecule has 1 aliphatic rings. The third-order valence-corrected chi connectivity index (χ3v) is 5.59. The van der Waals surface area contributed by atoms with Gasteiger partial charge in [0.1, 0.15) is 5.75 Å². The molecule has 1 aliphatic heterocycles. The SMILES string of the molecule is COc1ccc(C(O)CNC(=O)C2CC(=O)N(c3ccc(SC)cc3)C2)cc1. The number of thioether (sulfide) groups is 1. The Morgan fingerprint density at radius 2 is 1.93 bits per heavy atom. The highest BCUT2D eigenvalue weighted by atomic mass is 32.2. The minimum atomic E-state index is -0.817. The minimum Gasteiger partial charge on any atom is -0.497 e. The zero-order valence-corrected chi connectivity index (χ0v) is 16.7. The maximum Gasteiger partial charge on any atom is 0.227 e. The highest BCUT2D eigenvalue weighted by molar-refractivity contribution is 7.98. The minimum absolute atomic E-state index is 0.0623. The molecule has 1 saturated heterocycles. The number of amides is 2. The molecule has 1 heterocycles. The second kappa shape index (κ2) is 9.12. The van der Waals surface area contributed by atoms with Crippen LogP contribution in [0.2, 0.25) is 0 Å². The lowest BCUT2D eigenvalue weighted by Gasteiger charge is -2.18. The number of carbonyl (C=O) groups is 2. The molecule has 0 radical (unpaired) electrons. The first-order valence-electron chi connectivity index (χ1n) is 9.06. The van der Waals surface area contributed by atoms with E-state index in [1.165, 1.54) is 0 Å². The quantitative estimate of drug-likeness (QED) is 0.699. The number of rotatable bonds is 7. The van der Waals surface area contributed by atoms with E-state index in [4.69, 9.17) is 4.74 Å². The molecule has 6 nitrogen and oxygen atoms in total. The summed E-state index contributed by atoms with van der Waals surface area (Å²) in [6.45, 7) is 0.445. The van der Waals surface area contributed by atoms with Crippen molar-refractivity contribution >= 4 is 29.3 Å². The Hall–Kier alpha value is -2.51. The zero-order valence-electron chi connectivity index (χ0n) is 15.9. The average Bonchev–Trinajstić information content (AvgIpc) is 3.13. The summed E-state index contributed by atoms with van der Waals surface area (Å²) in [5, 5.41) is 13.0. The monoisotopic (exact) mass is 400 g/mol. The van der Waals surface area contributed by atoms with E-state index in [9.17, 15) is 14.7 Å². The van der Waals surface area contributed by atoms with Gasteiger partial charge in [-0.15, -0.1) is 11.8 Å². The number of methoxy groups -OCH3 is 1. The van der Waals surface area contributed by atoms with Crippen LogP contribution in [0.4, 0.5) is 5.69 Å². The molecular formula is C21H24N2O4S. The van der Waals surface area contributed by atoms with Crippen molar-refractivity contribution < 1.29 is 19.4 Å². The van der Waals surface area contributed by atoms with Crippen molar-refractivity contribution in [1.29, 1.82) is 0 Å². The highest BCUT2D eigenvalue weighted by Crippen LogP contribution is 2.27. The van der Waals surface area contributed by atoms with E-state index in [2.05, 4.69) is 5.32 Å². The summed E-state index contributed by atoms with van der Waals surface area (Å²) in [7, 11) is 1.58. The van der Waals surface area contributed by atoms with E-state index >= 15 is 0 Å². The van der Waals surface area contributed by atoms with Crippen LogP contribution < -0.4 is 15.0 Å². The summed E-state index contributed by atoms with van der Waals surface area (Å²) in [6.07, 6.45) is 1.35. The summed E-state index contributed by atoms with van der Waals surface area (Å²) < 4.78 is 5.09. The van der Waals surface area contributed by atoms with Crippen LogP contribution in [0.25, 0.3) is 0 Å². The van der Waals surface area contributed by atoms with Gasteiger partial charge in [-0.2, -0.15) is 0 Å². The number of anilines is 1. The van der Waals surface area contributed by atoms with Gasteiger partial charge in [-0.25, -0.2) is 0 Å². The van der Waals surface area contributed by atoms with Crippen molar-refractivity contribution in [2.24, 2.45) is 5.92 Å². The number of benzene rings is 2. The first-order chi connectivity index (χ1) is 13.5. The number of aliphatic hydroxyl groups is 1. The van der Waals surface area contributed by atoms with Gasteiger partial charge in [-0.05, 0) is 48.2 Å². The molecule has 2 unspecified atom stereocenters. The Kier molecular flexibility index (Phi) is 6.59. The normalized spacial score (nSPS) is 17.5. The first kappa shape index (κ1) is 20.2. The third-order valence-electron chi connectivity index (χ3n) is 4.85. The van der Waals surface area contributed by atoms with Crippen LogP contribution in [0.3, 0.4) is 0 Å². The lowest BCUT2D eigenvalue weighted by atomic mass is 10.1. The molecule has 28 heavy (non-hydrogen) atoms. The summed E-state index contributed by atoms with van der Waals surface area (Å²) in [4.78, 5) is 27.6. The molecule has 2 N–H and O–H groups in total. The van der Waals surface area contributed by atoms with E-state index in [0.29, 0.717) is 17.9 Å². The van der Waals surface area contributed by atoms with Gasteiger partial charge in [0, 0.05) is 30.1 Å². The molecular weight excluding hydrogens is 376 g/mol. The van der Waals surface area contributed by atoms with E-state index in [1.54, 1.807) is 48.0 Å². The van der Waals surface area contributed by atoms with E-state index < -0.39 is 12.0 Å². The Morgan fingerprint density at radius 3 is 2.54 bits per heavy atom. The number of hydrogen-bond donors (Lipinski definition) is 2. The molecule has 0 spiro atoms. The molecule has 0 aliphatic carbocycles. The molecule has 3 rings (SSSR count). The van der Waals surface area contributed by atoms with Crippen molar-refractivity contribution in [3.8, 4) is 5.75 Å². The lowest BCUT2D eigenvalue weighted by Crippen LogP contribution is -2.35. The molecule has 0 bridgehead atoms. The van der Waals surface area contributed by atoms with Crippen molar-refractivity contribution in [2.45, 2.75) is 17.4 Å². The van der Waals surface area contributed by atoms with Crippen LogP contribution in [0.1, 0.15) is 18.1 Å². The molecule has 0 saturated carbocycles. The maximum absolute atomic E-state index is 12.5. The standard InChI is InChI=1S/C21H24N2O4S/c1-27-17-7-3-14(4-8-17)19(24)12-22-21(26)15-11-20(25)23(13-15)16-5-9-18(28-2)10-6-16/h3-10,15,19,24H,11-13H2,1-2H3,(H,22,26). The highest BCUT2D eigenvalue weighted by Gasteiger charge is 2.35. The number of nitrogens with zero attached hydrogens (tertiary/aromatic N) is 1. The van der Waals surface area contributed by atoms with Crippen molar-refractivity contribution in [2.75, 3.05) is 31.4 Å². The molecule has 7 heteroatoms. The molecule has 1 fully saturated rings. The topological polar surface area (TPSA) is 78.9 Å². The largest absolute Gasteiger partial charge is 0.497 e. The number of ether oxygens (including phenoxy) is 1. The van der Waals surface area contributed by atoms with Gasteiger partial charge < -0.3 is 20.1 Å². The van der Waals surface area contributed by atoms with E-state index in [-0.39, 0.29) is 24.8 Å². The fourth-order valence-electron chi connectivity index (χ4n) is 3.18. The summed E-state index contributed by atoms with van der Waals surface area (Å²) >= 11 is 1.64.